The van der Waals surface area contributed by atoms with Gasteiger partial charge in [-0.15, -0.1) is 13.2 Å². The summed E-state index contributed by atoms with van der Waals surface area (Å²) in [6.07, 6.45) is -1.32. The van der Waals surface area contributed by atoms with E-state index in [1.807, 2.05) is 0 Å². The Balaban J connectivity index is 2.00. The average molecular weight is 260 g/mol. The van der Waals surface area contributed by atoms with Crippen LogP contribution in [0.1, 0.15) is 19.8 Å². The Labute approximate surface area is 104 Å². The van der Waals surface area contributed by atoms with Gasteiger partial charge in [0.1, 0.15) is 11.6 Å². The highest BCUT2D eigenvalue weighted by molar-refractivity contribution is 5.41. The number of aromatic nitrogens is 1. The quantitative estimate of drug-likeness (QED) is 0.834. The Morgan fingerprint density at radius 1 is 1.44 bits per heavy atom. The predicted molar refractivity (Wildman–Crippen MR) is 61.5 cm³/mol. The molecule has 1 fully saturated rings. The Morgan fingerprint density at radius 2 is 2.22 bits per heavy atom. The van der Waals surface area contributed by atoms with Crippen LogP contribution >= 0.6 is 0 Å². The van der Waals surface area contributed by atoms with Gasteiger partial charge in [-0.3, -0.25) is 0 Å². The molecule has 100 valence electrons. The summed E-state index contributed by atoms with van der Waals surface area (Å²) >= 11 is 0. The summed E-state index contributed by atoms with van der Waals surface area (Å²) in [5.41, 5.74) is 0. The van der Waals surface area contributed by atoms with E-state index in [1.165, 1.54) is 6.07 Å². The molecule has 1 unspecified atom stereocenters. The van der Waals surface area contributed by atoms with E-state index in [9.17, 15) is 13.2 Å². The fourth-order valence-corrected chi connectivity index (χ4v) is 2.13. The molecule has 0 N–H and O–H groups in total. The van der Waals surface area contributed by atoms with Crippen molar-refractivity contribution in [2.75, 3.05) is 18.0 Å². The van der Waals surface area contributed by atoms with Crippen LogP contribution in [0.25, 0.3) is 0 Å². The van der Waals surface area contributed by atoms with Gasteiger partial charge >= 0.3 is 6.36 Å². The first-order valence-corrected chi connectivity index (χ1v) is 5.94. The highest BCUT2D eigenvalue weighted by Crippen LogP contribution is 2.27. The van der Waals surface area contributed by atoms with Gasteiger partial charge in [0.25, 0.3) is 0 Å². The molecule has 0 bridgehead atoms. The summed E-state index contributed by atoms with van der Waals surface area (Å²) in [7, 11) is 0. The zero-order valence-corrected chi connectivity index (χ0v) is 10.1. The first-order valence-electron chi connectivity index (χ1n) is 5.94. The monoisotopic (exact) mass is 260 g/mol. The number of pyridine rings is 1. The maximum Gasteiger partial charge on any atom is 0.573 e. The first kappa shape index (κ1) is 13.0. The van der Waals surface area contributed by atoms with Crippen molar-refractivity contribution in [3.63, 3.8) is 0 Å². The molecule has 0 spiro atoms. The van der Waals surface area contributed by atoms with E-state index in [2.05, 4.69) is 21.5 Å². The summed E-state index contributed by atoms with van der Waals surface area (Å²) in [5, 5.41) is 0. The maximum atomic E-state index is 12.0. The second-order valence-electron chi connectivity index (χ2n) is 4.41. The highest BCUT2D eigenvalue weighted by Gasteiger charge is 2.31. The second-order valence-corrected chi connectivity index (χ2v) is 4.41. The van der Waals surface area contributed by atoms with E-state index in [0.717, 1.165) is 32.1 Å². The normalized spacial score (nSPS) is 20.2. The van der Waals surface area contributed by atoms with Gasteiger partial charge < -0.3 is 9.64 Å². The molecule has 2 rings (SSSR count). The molecule has 3 nitrogen and oxygen atoms in total. The Bertz CT molecular complexity index is 391. The molecule has 1 atom stereocenters. The largest absolute Gasteiger partial charge is 0.573 e. The summed E-state index contributed by atoms with van der Waals surface area (Å²) in [6, 6.07) is 2.87. The minimum atomic E-state index is -4.66. The third kappa shape index (κ3) is 3.27. The summed E-state index contributed by atoms with van der Waals surface area (Å²) in [5.74, 6) is 1.08. The SMILES string of the molecule is CCC1CCN(c2ccc(OC(F)(F)F)cn2)C1. The van der Waals surface area contributed by atoms with Crippen LogP contribution < -0.4 is 9.64 Å². The zero-order valence-electron chi connectivity index (χ0n) is 10.1. The third-order valence-electron chi connectivity index (χ3n) is 3.14. The van der Waals surface area contributed by atoms with Gasteiger partial charge in [0.05, 0.1) is 6.20 Å². The highest BCUT2D eigenvalue weighted by atomic mass is 19.4. The molecule has 1 aromatic heterocycles. The van der Waals surface area contributed by atoms with E-state index in [4.69, 9.17) is 0 Å². The maximum absolute atomic E-state index is 12.0. The zero-order chi connectivity index (χ0) is 13.2. The van der Waals surface area contributed by atoms with Crippen LogP contribution in [0.5, 0.6) is 5.75 Å². The van der Waals surface area contributed by atoms with Crippen molar-refractivity contribution in [3.05, 3.63) is 18.3 Å². The van der Waals surface area contributed by atoms with Gasteiger partial charge in [-0.1, -0.05) is 13.3 Å². The lowest BCUT2D eigenvalue weighted by Gasteiger charge is -2.17. The van der Waals surface area contributed by atoms with E-state index in [1.54, 1.807) is 6.07 Å². The number of rotatable bonds is 3. The number of hydrogen-bond acceptors (Lipinski definition) is 3. The van der Waals surface area contributed by atoms with Crippen molar-refractivity contribution in [1.29, 1.82) is 0 Å². The summed E-state index contributed by atoms with van der Waals surface area (Å²) in [6.45, 7) is 3.97. The standard InChI is InChI=1S/C12H15F3N2O/c1-2-9-5-6-17(8-9)11-4-3-10(7-16-11)18-12(13,14)15/h3-4,7,9H,2,5-6,8H2,1H3. The Kier molecular flexibility index (Phi) is 3.63. The number of anilines is 1. The van der Waals surface area contributed by atoms with E-state index < -0.39 is 6.36 Å². The first-order chi connectivity index (χ1) is 8.48. The van der Waals surface area contributed by atoms with Crippen molar-refractivity contribution in [1.82, 2.24) is 4.98 Å². The molecule has 0 amide bonds. The van der Waals surface area contributed by atoms with Gasteiger partial charge in [0.2, 0.25) is 0 Å². The van der Waals surface area contributed by atoms with Gasteiger partial charge in [-0.2, -0.15) is 0 Å². The Hall–Kier alpha value is -1.46. The smallest absolute Gasteiger partial charge is 0.404 e. The molecule has 1 aromatic rings. The molecule has 0 aliphatic carbocycles. The van der Waals surface area contributed by atoms with Gasteiger partial charge in [0.15, 0.2) is 0 Å². The van der Waals surface area contributed by atoms with Gasteiger partial charge in [0, 0.05) is 13.1 Å². The van der Waals surface area contributed by atoms with Crippen molar-refractivity contribution in [2.45, 2.75) is 26.1 Å². The van der Waals surface area contributed by atoms with Crippen molar-refractivity contribution in [3.8, 4) is 5.75 Å². The number of hydrogen-bond donors (Lipinski definition) is 0. The van der Waals surface area contributed by atoms with Crippen LogP contribution in [-0.2, 0) is 0 Å². The number of ether oxygens (including phenoxy) is 1. The topological polar surface area (TPSA) is 25.4 Å². The van der Waals surface area contributed by atoms with Crippen LogP contribution in [0, 0.1) is 5.92 Å². The average Bonchev–Trinajstić information content (AvgIpc) is 2.76. The lowest BCUT2D eigenvalue weighted by atomic mass is 10.1. The van der Waals surface area contributed by atoms with Crippen molar-refractivity contribution < 1.29 is 17.9 Å². The van der Waals surface area contributed by atoms with Crippen molar-refractivity contribution in [2.24, 2.45) is 5.92 Å². The fourth-order valence-electron chi connectivity index (χ4n) is 2.13. The van der Waals surface area contributed by atoms with Gasteiger partial charge in [-0.05, 0) is 24.5 Å². The van der Waals surface area contributed by atoms with Crippen LogP contribution in [0.2, 0.25) is 0 Å². The minimum Gasteiger partial charge on any atom is -0.404 e. The van der Waals surface area contributed by atoms with E-state index in [0.29, 0.717) is 11.7 Å². The molecule has 1 aliphatic heterocycles. The molecule has 18 heavy (non-hydrogen) atoms. The van der Waals surface area contributed by atoms with Crippen LogP contribution in [0.3, 0.4) is 0 Å². The minimum absolute atomic E-state index is 0.280. The molecule has 1 saturated heterocycles. The Morgan fingerprint density at radius 3 is 2.72 bits per heavy atom. The molecule has 6 heteroatoms. The second kappa shape index (κ2) is 5.04. The molecule has 0 saturated carbocycles. The third-order valence-corrected chi connectivity index (χ3v) is 3.14. The van der Waals surface area contributed by atoms with Crippen LogP contribution in [0.4, 0.5) is 19.0 Å². The molecular weight excluding hydrogens is 245 g/mol. The predicted octanol–water partition coefficient (Wildman–Crippen LogP) is 3.22. The molecule has 0 aromatic carbocycles. The van der Waals surface area contributed by atoms with Crippen LogP contribution in [0.15, 0.2) is 18.3 Å². The molecule has 1 aliphatic rings. The van der Waals surface area contributed by atoms with E-state index >= 15 is 0 Å². The fraction of sp³-hybridized carbons (Fsp3) is 0.583. The van der Waals surface area contributed by atoms with Crippen LogP contribution in [-0.4, -0.2) is 24.4 Å². The van der Waals surface area contributed by atoms with Gasteiger partial charge in [-0.25, -0.2) is 4.98 Å². The van der Waals surface area contributed by atoms with Crippen molar-refractivity contribution >= 4 is 5.82 Å². The number of nitrogens with zero attached hydrogens (tertiary/aromatic N) is 2. The summed E-state index contributed by atoms with van der Waals surface area (Å²) < 4.78 is 39.7. The molecule has 2 heterocycles. The number of halogens is 3. The molecule has 0 radical (unpaired) electrons. The number of alkyl halides is 3. The lowest BCUT2D eigenvalue weighted by molar-refractivity contribution is -0.274. The summed E-state index contributed by atoms with van der Waals surface area (Å²) in [4.78, 5) is 6.10. The lowest BCUT2D eigenvalue weighted by Crippen LogP contribution is -2.21. The van der Waals surface area contributed by atoms with E-state index in [-0.39, 0.29) is 5.75 Å². The molecular formula is C12H15F3N2O.